The summed E-state index contributed by atoms with van der Waals surface area (Å²) in [6.07, 6.45) is 5.21. The maximum atomic E-state index is 16.0. The lowest BCUT2D eigenvalue weighted by Gasteiger charge is -2.24. The Bertz CT molecular complexity index is 1050. The van der Waals surface area contributed by atoms with E-state index in [4.69, 9.17) is 4.74 Å². The number of piperidine rings is 1. The number of carboxylic acids is 1. The highest BCUT2D eigenvalue weighted by Crippen LogP contribution is 2.43. The van der Waals surface area contributed by atoms with E-state index >= 15 is 4.39 Å². The smallest absolute Gasteiger partial charge is 0.341 e. The first-order valence-electron chi connectivity index (χ1n) is 10.2. The van der Waals surface area contributed by atoms with Gasteiger partial charge < -0.3 is 24.6 Å². The molecular weight excluding hydrogens is 377 g/mol. The fourth-order valence-corrected chi connectivity index (χ4v) is 4.91. The number of nitrogens with one attached hydrogen (secondary N) is 1. The molecule has 2 N–H and O–H groups in total. The van der Waals surface area contributed by atoms with Crippen LogP contribution in [0.4, 0.5) is 10.1 Å². The molecule has 7 nitrogen and oxygen atoms in total. The highest BCUT2D eigenvalue weighted by atomic mass is 19.1. The van der Waals surface area contributed by atoms with Crippen LogP contribution in [0.15, 0.2) is 17.1 Å². The van der Waals surface area contributed by atoms with E-state index in [9.17, 15) is 14.7 Å². The molecule has 0 bridgehead atoms. The van der Waals surface area contributed by atoms with Crippen LogP contribution in [0.5, 0.6) is 5.75 Å². The van der Waals surface area contributed by atoms with Gasteiger partial charge in [0.1, 0.15) is 17.0 Å². The van der Waals surface area contributed by atoms with Gasteiger partial charge >= 0.3 is 5.97 Å². The van der Waals surface area contributed by atoms with E-state index < -0.39 is 17.2 Å². The molecule has 3 heterocycles. The summed E-state index contributed by atoms with van der Waals surface area (Å²) in [5.41, 5.74) is -0.464. The molecule has 0 amide bonds. The van der Waals surface area contributed by atoms with Crippen molar-refractivity contribution in [2.45, 2.75) is 37.8 Å². The van der Waals surface area contributed by atoms with E-state index in [1.54, 1.807) is 4.57 Å². The fraction of sp³-hybridized carbons (Fsp3) is 0.524. The SMILES string of the molecule is COc1cc2c(=O)c(C(=O)O)cn(C3CC3)c2c(F)c1N1C[C@@H]2CCCN[C@@H]2C1. The Morgan fingerprint density at radius 3 is 2.76 bits per heavy atom. The topological polar surface area (TPSA) is 83.8 Å². The van der Waals surface area contributed by atoms with Crippen LogP contribution in [-0.4, -0.2) is 48.4 Å². The second kappa shape index (κ2) is 6.73. The van der Waals surface area contributed by atoms with Crippen LogP contribution < -0.4 is 20.4 Å². The number of benzene rings is 1. The lowest BCUT2D eigenvalue weighted by molar-refractivity contribution is 0.0695. The molecule has 2 aromatic rings. The van der Waals surface area contributed by atoms with E-state index in [0.717, 1.165) is 38.8 Å². The zero-order valence-electron chi connectivity index (χ0n) is 16.3. The molecule has 1 aromatic heterocycles. The molecule has 1 saturated carbocycles. The first kappa shape index (κ1) is 18.4. The minimum absolute atomic E-state index is 0.0229. The zero-order valence-corrected chi connectivity index (χ0v) is 16.3. The van der Waals surface area contributed by atoms with Crippen LogP contribution in [0.25, 0.3) is 10.9 Å². The summed E-state index contributed by atoms with van der Waals surface area (Å²) >= 11 is 0. The van der Waals surface area contributed by atoms with Crippen molar-refractivity contribution < 1.29 is 19.0 Å². The first-order chi connectivity index (χ1) is 14.0. The van der Waals surface area contributed by atoms with E-state index in [0.29, 0.717) is 24.2 Å². The number of ether oxygens (including phenoxy) is 1. The van der Waals surface area contributed by atoms with E-state index in [-0.39, 0.29) is 28.3 Å². The van der Waals surface area contributed by atoms with Gasteiger partial charge in [-0.05, 0) is 44.2 Å². The zero-order chi connectivity index (χ0) is 20.3. The summed E-state index contributed by atoms with van der Waals surface area (Å²) in [5.74, 6) is -1.07. The second-order valence-corrected chi connectivity index (χ2v) is 8.32. The maximum absolute atomic E-state index is 16.0. The van der Waals surface area contributed by atoms with Crippen molar-refractivity contribution in [1.82, 2.24) is 9.88 Å². The third-order valence-electron chi connectivity index (χ3n) is 6.50. The van der Waals surface area contributed by atoms with Crippen molar-refractivity contribution >= 4 is 22.6 Å². The van der Waals surface area contributed by atoms with Gasteiger partial charge in [-0.1, -0.05) is 0 Å². The number of nitrogens with zero attached hydrogens (tertiary/aromatic N) is 2. The standard InChI is InChI=1S/C21H24FN3O4/c1-29-16-7-13-18(25(12-4-5-12)9-14(20(13)26)21(27)28)17(22)19(16)24-8-11-3-2-6-23-15(11)10-24/h7,9,11-12,15,23H,2-6,8,10H2,1H3,(H,27,28)/t11-,15+/m0/s1. The Morgan fingerprint density at radius 1 is 1.31 bits per heavy atom. The molecular formula is C21H24FN3O4. The van der Waals surface area contributed by atoms with Gasteiger partial charge in [0.15, 0.2) is 5.82 Å². The molecule has 3 aliphatic rings. The fourth-order valence-electron chi connectivity index (χ4n) is 4.91. The Morgan fingerprint density at radius 2 is 2.10 bits per heavy atom. The van der Waals surface area contributed by atoms with Gasteiger partial charge in [-0.2, -0.15) is 0 Å². The molecule has 1 aliphatic carbocycles. The van der Waals surface area contributed by atoms with Crippen LogP contribution in [0.1, 0.15) is 42.1 Å². The Labute approximate surface area is 167 Å². The molecule has 2 saturated heterocycles. The van der Waals surface area contributed by atoms with Crippen LogP contribution >= 0.6 is 0 Å². The molecule has 0 unspecified atom stereocenters. The molecule has 29 heavy (non-hydrogen) atoms. The third kappa shape index (κ3) is 2.88. The van der Waals surface area contributed by atoms with Crippen molar-refractivity contribution in [1.29, 1.82) is 0 Å². The Hall–Kier alpha value is -2.61. The predicted octanol–water partition coefficient (Wildman–Crippen LogP) is 2.37. The average Bonchev–Trinajstić information content (AvgIpc) is 3.46. The lowest BCUT2D eigenvalue weighted by atomic mass is 9.94. The molecule has 0 spiro atoms. The number of pyridine rings is 1. The molecule has 2 atom stereocenters. The summed E-state index contributed by atoms with van der Waals surface area (Å²) in [7, 11) is 1.45. The van der Waals surface area contributed by atoms with Crippen molar-refractivity contribution in [2.24, 2.45) is 5.92 Å². The summed E-state index contributed by atoms with van der Waals surface area (Å²) in [6, 6.07) is 1.86. The first-order valence-corrected chi connectivity index (χ1v) is 10.2. The van der Waals surface area contributed by atoms with E-state index in [2.05, 4.69) is 5.32 Å². The summed E-state index contributed by atoms with van der Waals surface area (Å²) in [4.78, 5) is 26.4. The Kier molecular flexibility index (Phi) is 4.27. The minimum atomic E-state index is -1.30. The van der Waals surface area contributed by atoms with Crippen LogP contribution in [0, 0.1) is 11.7 Å². The number of hydrogen-bond donors (Lipinski definition) is 2. The minimum Gasteiger partial charge on any atom is -0.494 e. The molecule has 5 rings (SSSR count). The highest BCUT2D eigenvalue weighted by molar-refractivity contribution is 5.95. The van der Waals surface area contributed by atoms with Gasteiger partial charge in [-0.25, -0.2) is 9.18 Å². The van der Waals surface area contributed by atoms with Gasteiger partial charge in [0, 0.05) is 31.4 Å². The van der Waals surface area contributed by atoms with Crippen LogP contribution in [0.2, 0.25) is 0 Å². The normalized spacial score (nSPS) is 24.0. The number of aromatic nitrogens is 1. The van der Waals surface area contributed by atoms with Gasteiger partial charge in [-0.3, -0.25) is 4.79 Å². The highest BCUT2D eigenvalue weighted by Gasteiger charge is 2.38. The molecule has 8 heteroatoms. The number of carbonyl (C=O) groups is 1. The van der Waals surface area contributed by atoms with Crippen LogP contribution in [-0.2, 0) is 0 Å². The van der Waals surface area contributed by atoms with E-state index in [1.165, 1.54) is 19.4 Å². The maximum Gasteiger partial charge on any atom is 0.341 e. The molecule has 2 aliphatic heterocycles. The van der Waals surface area contributed by atoms with Gasteiger partial charge in [-0.15, -0.1) is 0 Å². The van der Waals surface area contributed by atoms with Crippen molar-refractivity contribution in [3.8, 4) is 5.75 Å². The molecule has 154 valence electrons. The monoisotopic (exact) mass is 401 g/mol. The van der Waals surface area contributed by atoms with Crippen LogP contribution in [0.3, 0.4) is 0 Å². The summed E-state index contributed by atoms with van der Waals surface area (Å²) in [5, 5.41) is 13.0. The average molecular weight is 401 g/mol. The van der Waals surface area contributed by atoms with Crippen molar-refractivity contribution in [2.75, 3.05) is 31.6 Å². The van der Waals surface area contributed by atoms with Crippen molar-refractivity contribution in [3.05, 3.63) is 33.9 Å². The number of methoxy groups -OCH3 is 1. The number of hydrogen-bond acceptors (Lipinski definition) is 5. The second-order valence-electron chi connectivity index (χ2n) is 8.32. The van der Waals surface area contributed by atoms with Crippen molar-refractivity contribution in [3.63, 3.8) is 0 Å². The van der Waals surface area contributed by atoms with E-state index in [1.807, 2.05) is 4.90 Å². The number of aromatic carboxylic acids is 1. The lowest BCUT2D eigenvalue weighted by Crippen LogP contribution is -2.40. The van der Waals surface area contributed by atoms with Gasteiger partial charge in [0.2, 0.25) is 5.43 Å². The molecule has 0 radical (unpaired) electrons. The molecule has 1 aromatic carbocycles. The predicted molar refractivity (Wildman–Crippen MR) is 107 cm³/mol. The third-order valence-corrected chi connectivity index (χ3v) is 6.50. The largest absolute Gasteiger partial charge is 0.494 e. The number of rotatable bonds is 4. The number of halogens is 1. The summed E-state index contributed by atoms with van der Waals surface area (Å²) in [6.45, 7) is 2.40. The number of anilines is 1. The molecule has 3 fully saturated rings. The quantitative estimate of drug-likeness (QED) is 0.819. The summed E-state index contributed by atoms with van der Waals surface area (Å²) < 4.78 is 23.1. The van der Waals surface area contributed by atoms with Gasteiger partial charge in [0.05, 0.1) is 18.0 Å². The number of fused-ring (bicyclic) bond motifs is 2. The Balaban J connectivity index is 1.72. The van der Waals surface area contributed by atoms with Gasteiger partial charge in [0.25, 0.3) is 0 Å². The number of carboxylic acid groups (broad SMARTS) is 1.